The normalized spacial score (nSPS) is 20.8. The zero-order chi connectivity index (χ0) is 57.0. The SMILES string of the molecule is CCCC[C@H](NC(=O)c1cc2cc(C(=O)P(=O)(O)O)ccc2s1)C(=O)N1C[C@@H]2C[C@@H]2[C@H]1C(=O)N[C@@H](CNC(N)=O)C(=O)C[C@H](C(=O)N1CCC(CCC#Cc2cccc3c2CN(C2CCC(=O)NC2=O)C3=O)CC1)c1ccccc1. The summed E-state index contributed by atoms with van der Waals surface area (Å²) in [5.41, 5.74) is 6.44. The lowest BCUT2D eigenvalue weighted by atomic mass is 9.87. The zero-order valence-electron chi connectivity index (χ0n) is 44.0. The van der Waals surface area contributed by atoms with E-state index in [1.807, 2.05) is 13.0 Å². The van der Waals surface area contributed by atoms with Crippen LogP contribution in [0.1, 0.15) is 131 Å². The highest BCUT2D eigenvalue weighted by Crippen LogP contribution is 2.50. The maximum atomic E-state index is 14.5. The monoisotopic (exact) mass is 1130 g/mol. The van der Waals surface area contributed by atoms with Gasteiger partial charge in [0.15, 0.2) is 5.78 Å². The number of urea groups is 1. The van der Waals surface area contributed by atoms with Crippen molar-refractivity contribution >= 4 is 87.7 Å². The van der Waals surface area contributed by atoms with Crippen LogP contribution in [-0.2, 0) is 39.9 Å². The minimum absolute atomic E-state index is 0.00441. The van der Waals surface area contributed by atoms with Gasteiger partial charge in [0, 0.05) is 73.4 Å². The van der Waals surface area contributed by atoms with Gasteiger partial charge in [0.2, 0.25) is 29.5 Å². The van der Waals surface area contributed by atoms with Crippen molar-refractivity contribution in [3.05, 3.63) is 105 Å². The zero-order valence-corrected chi connectivity index (χ0v) is 45.7. The van der Waals surface area contributed by atoms with Gasteiger partial charge in [0.25, 0.3) is 17.3 Å². The molecule has 1 aromatic heterocycles. The fourth-order valence-electron chi connectivity index (χ4n) is 11.5. The number of nitrogens with zero attached hydrogens (tertiary/aromatic N) is 3. The third kappa shape index (κ3) is 12.9. The second-order valence-electron chi connectivity index (χ2n) is 21.3. The molecule has 4 fully saturated rings. The lowest BCUT2D eigenvalue weighted by molar-refractivity contribution is -0.142. The van der Waals surface area contributed by atoms with E-state index < -0.39 is 78.6 Å². The predicted octanol–water partition coefficient (Wildman–Crippen LogP) is 4.08. The largest absolute Gasteiger partial charge is 0.396 e. The van der Waals surface area contributed by atoms with Crippen LogP contribution in [0, 0.1) is 29.6 Å². The van der Waals surface area contributed by atoms with Crippen molar-refractivity contribution in [2.75, 3.05) is 26.2 Å². The third-order valence-electron chi connectivity index (χ3n) is 15.9. The number of hydrogen-bond acceptors (Lipinski definition) is 12. The summed E-state index contributed by atoms with van der Waals surface area (Å²) in [7, 11) is -5.05. The Bertz CT molecular complexity index is 3270. The number of piperidine rings is 3. The van der Waals surface area contributed by atoms with Gasteiger partial charge in [-0.15, -0.1) is 11.3 Å². The Labute approximate surface area is 465 Å². The molecule has 1 unspecified atom stereocenters. The van der Waals surface area contributed by atoms with Crippen LogP contribution in [-0.4, -0.2) is 134 Å². The van der Waals surface area contributed by atoms with E-state index in [0.29, 0.717) is 78.4 Å². The van der Waals surface area contributed by atoms with Crippen molar-refractivity contribution in [3.63, 3.8) is 0 Å². The van der Waals surface area contributed by atoms with Gasteiger partial charge in [-0.2, -0.15) is 0 Å². The third-order valence-corrected chi connectivity index (χ3v) is 17.8. The van der Waals surface area contributed by atoms with Crippen molar-refractivity contribution in [1.82, 2.24) is 36.0 Å². The van der Waals surface area contributed by atoms with Gasteiger partial charge in [-0.1, -0.05) is 68.0 Å². The first-order valence-corrected chi connectivity index (χ1v) is 29.4. The molecule has 0 radical (unpaired) electrons. The summed E-state index contributed by atoms with van der Waals surface area (Å²) in [6.45, 7) is 2.87. The Morgan fingerprint density at radius 2 is 1.68 bits per heavy atom. The molecule has 1 saturated carbocycles. The number of imide groups is 1. The molecule has 5 aliphatic rings. The van der Waals surface area contributed by atoms with Crippen LogP contribution in [0.15, 0.2) is 72.8 Å². The van der Waals surface area contributed by atoms with E-state index in [-0.39, 0.29) is 91.2 Å². The maximum Gasteiger partial charge on any atom is 0.396 e. The number of benzene rings is 3. The van der Waals surface area contributed by atoms with Gasteiger partial charge < -0.3 is 46.2 Å². The predicted molar refractivity (Wildman–Crippen MR) is 292 cm³/mol. The molecule has 4 aliphatic heterocycles. The van der Waals surface area contributed by atoms with Gasteiger partial charge >= 0.3 is 13.6 Å². The van der Waals surface area contributed by atoms with Crippen molar-refractivity contribution in [1.29, 1.82) is 0 Å². The average Bonchev–Trinajstić information content (AvgIpc) is 3.75. The average molecular weight is 1130 g/mol. The van der Waals surface area contributed by atoms with Gasteiger partial charge in [-0.3, -0.25) is 53.0 Å². The molecule has 1 aliphatic carbocycles. The number of ketones is 1. The number of unbranched alkanes of at least 4 members (excludes halogenated alkanes) is 1. The highest BCUT2D eigenvalue weighted by atomic mass is 32.1. The number of nitrogens with two attached hydrogens (primary N) is 1. The highest BCUT2D eigenvalue weighted by molar-refractivity contribution is 7.70. The number of primary amides is 1. The summed E-state index contributed by atoms with van der Waals surface area (Å²) in [6, 6.07) is 14.6. The molecule has 21 nitrogen and oxygen atoms in total. The first kappa shape index (κ1) is 57.1. The Morgan fingerprint density at radius 1 is 0.912 bits per heavy atom. The van der Waals surface area contributed by atoms with Crippen molar-refractivity contribution in [2.45, 2.75) is 114 Å². The lowest BCUT2D eigenvalue weighted by Gasteiger charge is -2.34. The van der Waals surface area contributed by atoms with Crippen LogP contribution >= 0.6 is 18.9 Å². The summed E-state index contributed by atoms with van der Waals surface area (Å²) in [6.07, 6.45) is 4.97. The molecule has 5 heterocycles. The Morgan fingerprint density at radius 3 is 2.39 bits per heavy atom. The van der Waals surface area contributed by atoms with E-state index in [9.17, 15) is 62.3 Å². The van der Waals surface area contributed by atoms with E-state index in [1.165, 1.54) is 34.1 Å². The number of rotatable bonds is 20. The number of likely N-dealkylation sites (tertiary alicyclic amines) is 2. The van der Waals surface area contributed by atoms with Gasteiger partial charge in [-0.25, -0.2) is 4.79 Å². The summed E-state index contributed by atoms with van der Waals surface area (Å²) in [5.74, 6) is 1.98. The molecular weight excluding hydrogens is 1070 g/mol. The lowest BCUT2D eigenvalue weighted by Crippen LogP contribution is -2.58. The van der Waals surface area contributed by atoms with Crippen molar-refractivity contribution in [3.8, 4) is 11.8 Å². The summed E-state index contributed by atoms with van der Waals surface area (Å²) in [5, 5.41) is 10.8. The minimum Gasteiger partial charge on any atom is -0.352 e. The quantitative estimate of drug-likeness (QED) is 0.0373. The Kier molecular flexibility index (Phi) is 17.4. The Hall–Kier alpha value is -7.57. The van der Waals surface area contributed by atoms with Gasteiger partial charge in [-0.05, 0) is 109 Å². The number of carbonyl (C=O) groups excluding carboxylic acids is 10. The van der Waals surface area contributed by atoms with E-state index in [4.69, 9.17) is 5.73 Å². The van der Waals surface area contributed by atoms with E-state index >= 15 is 0 Å². The van der Waals surface area contributed by atoms with Gasteiger partial charge in [0.05, 0.1) is 10.8 Å². The summed E-state index contributed by atoms with van der Waals surface area (Å²) in [4.78, 5) is 157. The number of Topliss-reactive ketones (excluding diaryl/α,β-unsaturated/α-hetero) is 1. The minimum atomic E-state index is -5.05. The Balaban J connectivity index is 0.826. The molecule has 4 aromatic rings. The topological polar surface area (TPSA) is 312 Å². The smallest absolute Gasteiger partial charge is 0.352 e. The summed E-state index contributed by atoms with van der Waals surface area (Å²) >= 11 is 1.07. The fraction of sp³-hybridized carbons (Fsp3) is 0.439. The number of hydrogen-bond donors (Lipinski definition) is 7. The number of carbonyl (C=O) groups is 10. The number of nitrogens with one attached hydrogen (secondary N) is 4. The van der Waals surface area contributed by atoms with Crippen LogP contribution in [0.25, 0.3) is 10.1 Å². The molecule has 0 bridgehead atoms. The molecule has 23 heteroatoms. The molecule has 7 atom stereocenters. The van der Waals surface area contributed by atoms with E-state index in [2.05, 4.69) is 33.1 Å². The van der Waals surface area contributed by atoms with Crippen molar-refractivity contribution < 1.29 is 62.3 Å². The second-order valence-corrected chi connectivity index (χ2v) is 23.8. The van der Waals surface area contributed by atoms with E-state index in [0.717, 1.165) is 23.3 Å². The summed E-state index contributed by atoms with van der Waals surface area (Å²) < 4.78 is 12.2. The van der Waals surface area contributed by atoms with Crippen LogP contribution in [0.5, 0.6) is 0 Å². The standard InChI is InChI=1S/C57H63N8O13PS/c1-2-3-16-42(60-51(69)47-27-36-25-35(17-19-46(36)80-47)56(74)79(76,77)78)55(73)65-30-37-26-39(37)49(65)52(70)61-43(29-59-57(58)75)45(66)28-40(33-11-5-4-6-12-33)53(71)63-23-21-32(22-24-63)10-7-8-13-34-14-9-15-38-41(34)31-64(54(38)72)44-18-20-48(67)62-50(44)68/h4-6,9,11-12,14-15,17,19,25,27,32,37,39-40,42-44,49H,2-3,7,10,16,18,20-24,26,28-31H2,1H3,(H,60,69)(H,61,70)(H3,58,59,75)(H,62,67,68)(H2,76,77,78)/t37-,39-,40-,42-,43-,44?,49-/m0/s1. The molecule has 3 saturated heterocycles. The molecular formula is C57H63N8O13PS. The van der Waals surface area contributed by atoms with Crippen LogP contribution in [0.2, 0.25) is 0 Å². The van der Waals surface area contributed by atoms with Crippen LogP contribution < -0.4 is 27.0 Å². The number of thiophene rings is 1. The van der Waals surface area contributed by atoms with Crippen LogP contribution in [0.4, 0.5) is 4.79 Å². The molecule has 0 spiro atoms. The first-order chi connectivity index (χ1) is 38.3. The first-order valence-electron chi connectivity index (χ1n) is 27.0. The van der Waals surface area contributed by atoms with Crippen LogP contribution in [0.3, 0.4) is 0 Å². The number of amides is 9. The van der Waals surface area contributed by atoms with Crippen molar-refractivity contribution in [2.24, 2.45) is 23.5 Å². The molecule has 80 heavy (non-hydrogen) atoms. The molecule has 420 valence electrons. The highest BCUT2D eigenvalue weighted by Gasteiger charge is 2.58. The van der Waals surface area contributed by atoms with Gasteiger partial charge in [0.1, 0.15) is 24.2 Å². The molecule has 9 rings (SSSR count). The molecule has 3 aromatic carbocycles. The maximum absolute atomic E-state index is 14.5. The number of fused-ring (bicyclic) bond motifs is 3. The molecule has 8 N–H and O–H groups in total. The molecule has 9 amide bonds. The van der Waals surface area contributed by atoms with E-state index in [1.54, 1.807) is 47.4 Å². The second kappa shape index (κ2) is 24.4. The fourth-order valence-corrected chi connectivity index (χ4v) is 12.9.